The number of aliphatic hydroxyl groups is 1. The zero-order valence-electron chi connectivity index (χ0n) is 18.8. The van der Waals surface area contributed by atoms with Crippen LogP contribution in [0.3, 0.4) is 0 Å². The van der Waals surface area contributed by atoms with E-state index in [1.807, 2.05) is 26.0 Å². The molecule has 0 bridgehead atoms. The van der Waals surface area contributed by atoms with Crippen LogP contribution >= 0.6 is 24.0 Å². The van der Waals surface area contributed by atoms with E-state index in [9.17, 15) is 5.11 Å². The topological polar surface area (TPSA) is 91.2 Å². The summed E-state index contributed by atoms with van der Waals surface area (Å²) in [5.74, 6) is 1.37. The lowest BCUT2D eigenvalue weighted by molar-refractivity contribution is -0.0201. The Balaban J connectivity index is 0.00000341. The van der Waals surface area contributed by atoms with E-state index < -0.39 is 5.60 Å². The van der Waals surface area contributed by atoms with Crippen molar-refractivity contribution in [1.82, 2.24) is 20.5 Å². The second-order valence-corrected chi connectivity index (χ2v) is 8.46. The number of nitrogens with one attached hydrogen (secondary N) is 2. The number of rotatable bonds is 9. The Morgan fingerprint density at radius 3 is 2.77 bits per heavy atom. The second-order valence-electron chi connectivity index (χ2n) is 8.46. The van der Waals surface area contributed by atoms with E-state index in [-0.39, 0.29) is 24.0 Å². The van der Waals surface area contributed by atoms with E-state index in [1.165, 1.54) is 12.8 Å². The summed E-state index contributed by atoms with van der Waals surface area (Å²) in [6.07, 6.45) is 6.78. The highest BCUT2D eigenvalue weighted by molar-refractivity contribution is 14.0. The van der Waals surface area contributed by atoms with Crippen LogP contribution in [-0.2, 0) is 11.3 Å². The van der Waals surface area contributed by atoms with Crippen molar-refractivity contribution in [3.05, 3.63) is 23.9 Å². The smallest absolute Gasteiger partial charge is 0.213 e. The molecule has 1 aliphatic carbocycles. The van der Waals surface area contributed by atoms with Gasteiger partial charge in [-0.05, 0) is 51.2 Å². The first-order valence-electron chi connectivity index (χ1n) is 11.2. The highest BCUT2D eigenvalue weighted by Gasteiger charge is 2.25. The van der Waals surface area contributed by atoms with E-state index in [4.69, 9.17) is 9.47 Å². The van der Waals surface area contributed by atoms with Crippen molar-refractivity contribution in [3.8, 4) is 5.88 Å². The third-order valence-corrected chi connectivity index (χ3v) is 5.46. The van der Waals surface area contributed by atoms with Gasteiger partial charge in [0.1, 0.15) is 6.10 Å². The number of β-amino-alcohol motifs (C(OH)–C–C–N with tert-alkyl or cyclic N) is 1. The normalized spacial score (nSPS) is 20.0. The van der Waals surface area contributed by atoms with Gasteiger partial charge in [-0.15, -0.1) is 24.0 Å². The van der Waals surface area contributed by atoms with Crippen molar-refractivity contribution in [3.63, 3.8) is 0 Å². The third-order valence-electron chi connectivity index (χ3n) is 5.46. The molecule has 9 heteroatoms. The summed E-state index contributed by atoms with van der Waals surface area (Å²) < 4.78 is 11.4. The molecule has 3 rings (SSSR count). The molecule has 1 aromatic rings. The number of guanidine groups is 1. The van der Waals surface area contributed by atoms with Gasteiger partial charge in [-0.3, -0.25) is 4.90 Å². The fourth-order valence-electron chi connectivity index (χ4n) is 3.87. The van der Waals surface area contributed by atoms with E-state index in [2.05, 4.69) is 25.5 Å². The maximum absolute atomic E-state index is 10.8. The first kappa shape index (κ1) is 26.1. The third kappa shape index (κ3) is 9.46. The zero-order chi connectivity index (χ0) is 21.2. The minimum absolute atomic E-state index is 0. The largest absolute Gasteiger partial charge is 0.474 e. The number of nitrogens with zero attached hydrogens (tertiary/aromatic N) is 3. The minimum atomic E-state index is -0.855. The van der Waals surface area contributed by atoms with E-state index in [0.29, 0.717) is 37.6 Å². The SMILES string of the molecule is CCNC(=NCc1ccnc(OC2CCCC2)c1)NCC(C)(O)CN1CCOCC1.I. The van der Waals surface area contributed by atoms with Gasteiger partial charge < -0.3 is 25.2 Å². The molecule has 0 radical (unpaired) electrons. The zero-order valence-corrected chi connectivity index (χ0v) is 21.1. The standard InChI is InChI=1S/C22H37N5O3.HI/c1-3-23-21(26-16-22(2,28)17-27-10-12-29-13-11-27)25-15-18-8-9-24-20(14-18)30-19-6-4-5-7-19;/h8-9,14,19,28H,3-7,10-13,15-17H2,1-2H3,(H2,23,25,26);1H. The minimum Gasteiger partial charge on any atom is -0.474 e. The molecule has 0 aromatic carbocycles. The number of hydrogen-bond donors (Lipinski definition) is 3. The van der Waals surface area contributed by atoms with Gasteiger partial charge in [0.2, 0.25) is 5.88 Å². The maximum Gasteiger partial charge on any atom is 0.213 e. The van der Waals surface area contributed by atoms with E-state index in [0.717, 1.165) is 51.3 Å². The van der Waals surface area contributed by atoms with Crippen molar-refractivity contribution < 1.29 is 14.6 Å². The molecule has 1 aliphatic heterocycles. The van der Waals surface area contributed by atoms with Gasteiger partial charge in [0.25, 0.3) is 0 Å². The van der Waals surface area contributed by atoms with Crippen molar-refractivity contribution in [2.24, 2.45) is 4.99 Å². The Kier molecular flexibility index (Phi) is 11.3. The van der Waals surface area contributed by atoms with Crippen LogP contribution in [0.5, 0.6) is 5.88 Å². The van der Waals surface area contributed by atoms with Crippen LogP contribution in [0.2, 0.25) is 0 Å². The maximum atomic E-state index is 10.8. The molecule has 1 saturated heterocycles. The van der Waals surface area contributed by atoms with Crippen molar-refractivity contribution in [2.75, 3.05) is 45.9 Å². The molecule has 3 N–H and O–H groups in total. The second kappa shape index (κ2) is 13.4. The first-order chi connectivity index (χ1) is 14.5. The van der Waals surface area contributed by atoms with Gasteiger partial charge in [0.05, 0.1) is 25.4 Å². The van der Waals surface area contributed by atoms with Crippen LogP contribution in [-0.4, -0.2) is 78.6 Å². The van der Waals surface area contributed by atoms with Crippen LogP contribution in [0.15, 0.2) is 23.3 Å². The van der Waals surface area contributed by atoms with E-state index >= 15 is 0 Å². The van der Waals surface area contributed by atoms with Crippen LogP contribution in [0.25, 0.3) is 0 Å². The summed E-state index contributed by atoms with van der Waals surface area (Å²) in [5, 5.41) is 17.3. The molecule has 1 saturated carbocycles. The van der Waals surface area contributed by atoms with Crippen LogP contribution in [0.4, 0.5) is 0 Å². The predicted molar refractivity (Wildman–Crippen MR) is 133 cm³/mol. The molecule has 1 atom stereocenters. The number of aromatic nitrogens is 1. The summed E-state index contributed by atoms with van der Waals surface area (Å²) in [6.45, 7) is 9.36. The van der Waals surface area contributed by atoms with Crippen LogP contribution < -0.4 is 15.4 Å². The van der Waals surface area contributed by atoms with E-state index in [1.54, 1.807) is 6.20 Å². The Bertz CT molecular complexity index is 677. The van der Waals surface area contributed by atoms with Gasteiger partial charge in [-0.25, -0.2) is 9.98 Å². The number of hydrogen-bond acceptors (Lipinski definition) is 6. The number of ether oxygens (including phenoxy) is 2. The Morgan fingerprint density at radius 1 is 1.32 bits per heavy atom. The summed E-state index contributed by atoms with van der Waals surface area (Å²) in [5.41, 5.74) is 0.197. The molecule has 0 amide bonds. The molecular formula is C22H38IN5O3. The Morgan fingerprint density at radius 2 is 2.06 bits per heavy atom. The van der Waals surface area contributed by atoms with Crippen molar-refractivity contribution >= 4 is 29.9 Å². The van der Waals surface area contributed by atoms with Gasteiger partial charge in [-0.2, -0.15) is 0 Å². The molecular weight excluding hydrogens is 509 g/mol. The molecule has 0 spiro atoms. The number of pyridine rings is 1. The van der Waals surface area contributed by atoms with Gasteiger partial charge in [-0.1, -0.05) is 0 Å². The highest BCUT2D eigenvalue weighted by Crippen LogP contribution is 2.23. The van der Waals surface area contributed by atoms with Gasteiger partial charge >= 0.3 is 0 Å². The molecule has 1 aromatic heterocycles. The highest BCUT2D eigenvalue weighted by atomic mass is 127. The Hall–Kier alpha value is -1.17. The summed E-state index contributed by atoms with van der Waals surface area (Å²) in [6, 6.07) is 3.93. The molecule has 2 fully saturated rings. The quantitative estimate of drug-likeness (QED) is 0.248. The van der Waals surface area contributed by atoms with Gasteiger partial charge in [0, 0.05) is 45.0 Å². The lowest BCUT2D eigenvalue weighted by Crippen LogP contribution is -2.52. The number of morpholine rings is 1. The molecule has 176 valence electrons. The molecule has 2 aliphatic rings. The fourth-order valence-corrected chi connectivity index (χ4v) is 3.87. The molecule has 2 heterocycles. The average molecular weight is 547 g/mol. The summed E-state index contributed by atoms with van der Waals surface area (Å²) in [7, 11) is 0. The van der Waals surface area contributed by atoms with Crippen LogP contribution in [0, 0.1) is 0 Å². The Labute approximate surface area is 203 Å². The fraction of sp³-hybridized carbons (Fsp3) is 0.727. The average Bonchev–Trinajstić information content (AvgIpc) is 3.24. The van der Waals surface area contributed by atoms with Gasteiger partial charge in [0.15, 0.2) is 5.96 Å². The monoisotopic (exact) mass is 547 g/mol. The predicted octanol–water partition coefficient (Wildman–Crippen LogP) is 2.16. The summed E-state index contributed by atoms with van der Waals surface area (Å²) in [4.78, 5) is 11.2. The molecule has 1 unspecified atom stereocenters. The van der Waals surface area contributed by atoms with Crippen molar-refractivity contribution in [2.45, 2.75) is 57.8 Å². The van der Waals surface area contributed by atoms with Crippen molar-refractivity contribution in [1.29, 1.82) is 0 Å². The lowest BCUT2D eigenvalue weighted by Gasteiger charge is -2.34. The molecule has 31 heavy (non-hydrogen) atoms. The first-order valence-corrected chi connectivity index (χ1v) is 11.2. The number of halogens is 1. The number of aliphatic imine (C=N–C) groups is 1. The summed E-state index contributed by atoms with van der Waals surface area (Å²) >= 11 is 0. The lowest BCUT2D eigenvalue weighted by atomic mass is 10.1. The molecule has 8 nitrogen and oxygen atoms in total. The van der Waals surface area contributed by atoms with Crippen LogP contribution in [0.1, 0.15) is 45.1 Å².